The second-order valence-corrected chi connectivity index (χ2v) is 7.15. The normalized spacial score (nSPS) is 16.0. The van der Waals surface area contributed by atoms with Gasteiger partial charge in [-0.2, -0.15) is 13.2 Å². The lowest BCUT2D eigenvalue weighted by molar-refractivity contribution is -0.137. The maximum absolute atomic E-state index is 12.7. The Hall–Kier alpha value is -2.34. The Kier molecular flexibility index (Phi) is 6.73. The molecule has 6 heteroatoms. The monoisotopic (exact) mass is 390 g/mol. The largest absolute Gasteiger partial charge is 0.416 e. The van der Waals surface area contributed by atoms with Crippen LogP contribution in [0.2, 0.25) is 0 Å². The summed E-state index contributed by atoms with van der Waals surface area (Å²) in [6.07, 6.45) is -1.41. The molecule has 0 radical (unpaired) electrons. The van der Waals surface area contributed by atoms with Crippen molar-refractivity contribution >= 4 is 5.91 Å². The van der Waals surface area contributed by atoms with E-state index in [-0.39, 0.29) is 5.91 Å². The van der Waals surface area contributed by atoms with E-state index in [1.54, 1.807) is 4.90 Å². The fourth-order valence-electron chi connectivity index (χ4n) is 3.53. The van der Waals surface area contributed by atoms with Crippen LogP contribution in [0.1, 0.15) is 34.3 Å². The fraction of sp³-hybridized carbons (Fsp3) is 0.409. The number of hydrogen-bond acceptors (Lipinski definition) is 2. The second kappa shape index (κ2) is 9.24. The number of halogens is 3. The maximum Gasteiger partial charge on any atom is 0.416 e. The number of rotatable bonds is 5. The molecule has 2 aromatic carbocycles. The van der Waals surface area contributed by atoms with Crippen molar-refractivity contribution < 1.29 is 18.0 Å². The van der Waals surface area contributed by atoms with Crippen LogP contribution >= 0.6 is 0 Å². The van der Waals surface area contributed by atoms with Gasteiger partial charge in [-0.05, 0) is 62.2 Å². The Morgan fingerprint density at radius 2 is 1.61 bits per heavy atom. The van der Waals surface area contributed by atoms with Gasteiger partial charge in [-0.15, -0.1) is 0 Å². The molecule has 1 fully saturated rings. The lowest BCUT2D eigenvalue weighted by Gasteiger charge is -2.22. The molecule has 2 aromatic rings. The minimum absolute atomic E-state index is 0.195. The predicted octanol–water partition coefficient (Wildman–Crippen LogP) is 4.49. The van der Waals surface area contributed by atoms with Gasteiger partial charge in [0.1, 0.15) is 0 Å². The van der Waals surface area contributed by atoms with Gasteiger partial charge in [-0.25, -0.2) is 0 Å². The summed E-state index contributed by atoms with van der Waals surface area (Å²) in [5.74, 6) is -0.195. The highest BCUT2D eigenvalue weighted by atomic mass is 19.4. The number of aryl methyl sites for hydroxylation is 1. The van der Waals surface area contributed by atoms with E-state index in [9.17, 15) is 18.0 Å². The fourth-order valence-corrected chi connectivity index (χ4v) is 3.53. The number of hydrogen-bond donors (Lipinski definition) is 0. The molecule has 0 unspecified atom stereocenters. The molecule has 1 aliphatic heterocycles. The van der Waals surface area contributed by atoms with Gasteiger partial charge in [0.15, 0.2) is 0 Å². The topological polar surface area (TPSA) is 23.6 Å². The van der Waals surface area contributed by atoms with Crippen molar-refractivity contribution in [2.45, 2.75) is 25.4 Å². The third kappa shape index (κ3) is 5.58. The molecule has 28 heavy (non-hydrogen) atoms. The first-order valence-electron chi connectivity index (χ1n) is 9.66. The van der Waals surface area contributed by atoms with Gasteiger partial charge >= 0.3 is 6.18 Å². The first kappa shape index (κ1) is 20.4. The van der Waals surface area contributed by atoms with Crippen molar-refractivity contribution in [2.24, 2.45) is 0 Å². The molecule has 0 saturated carbocycles. The van der Waals surface area contributed by atoms with E-state index in [0.29, 0.717) is 18.7 Å². The smallest absolute Gasteiger partial charge is 0.337 e. The molecule has 0 aromatic heterocycles. The summed E-state index contributed by atoms with van der Waals surface area (Å²) in [4.78, 5) is 16.8. The van der Waals surface area contributed by atoms with E-state index < -0.39 is 11.7 Å². The van der Waals surface area contributed by atoms with E-state index in [2.05, 4.69) is 17.0 Å². The molecule has 0 spiro atoms. The average molecular weight is 390 g/mol. The molecule has 1 heterocycles. The Balaban J connectivity index is 1.49. The lowest BCUT2D eigenvalue weighted by atomic mass is 10.1. The lowest BCUT2D eigenvalue weighted by Crippen LogP contribution is -2.35. The minimum Gasteiger partial charge on any atom is -0.337 e. The summed E-state index contributed by atoms with van der Waals surface area (Å²) < 4.78 is 38.0. The van der Waals surface area contributed by atoms with E-state index in [4.69, 9.17) is 0 Å². The van der Waals surface area contributed by atoms with Crippen LogP contribution < -0.4 is 0 Å². The molecule has 1 saturated heterocycles. The first-order chi connectivity index (χ1) is 13.4. The van der Waals surface area contributed by atoms with Crippen LogP contribution in [-0.2, 0) is 12.6 Å². The summed E-state index contributed by atoms with van der Waals surface area (Å²) in [6.45, 7) is 3.95. The number of carbonyl (C=O) groups excluding carboxylic acids is 1. The van der Waals surface area contributed by atoms with E-state index in [0.717, 1.165) is 51.0 Å². The van der Waals surface area contributed by atoms with Crippen molar-refractivity contribution in [1.29, 1.82) is 0 Å². The van der Waals surface area contributed by atoms with Crippen LogP contribution in [0.3, 0.4) is 0 Å². The summed E-state index contributed by atoms with van der Waals surface area (Å²) >= 11 is 0. The van der Waals surface area contributed by atoms with Crippen LogP contribution in [0.15, 0.2) is 54.6 Å². The van der Waals surface area contributed by atoms with E-state index in [1.807, 2.05) is 18.2 Å². The summed E-state index contributed by atoms with van der Waals surface area (Å²) in [5.41, 5.74) is 0.909. The first-order valence-corrected chi connectivity index (χ1v) is 9.66. The van der Waals surface area contributed by atoms with Gasteiger partial charge in [0, 0.05) is 25.2 Å². The molecule has 0 aliphatic carbocycles. The Morgan fingerprint density at radius 1 is 0.893 bits per heavy atom. The molecule has 1 aliphatic rings. The van der Waals surface area contributed by atoms with Gasteiger partial charge < -0.3 is 9.80 Å². The molecule has 0 atom stereocenters. The highest BCUT2D eigenvalue weighted by molar-refractivity contribution is 5.94. The van der Waals surface area contributed by atoms with E-state index >= 15 is 0 Å². The van der Waals surface area contributed by atoms with Crippen LogP contribution in [0.5, 0.6) is 0 Å². The summed E-state index contributed by atoms with van der Waals surface area (Å²) in [6, 6.07) is 14.9. The molecular formula is C22H25F3N2O. The Morgan fingerprint density at radius 3 is 2.29 bits per heavy atom. The quantitative estimate of drug-likeness (QED) is 0.751. The van der Waals surface area contributed by atoms with Crippen LogP contribution in [0.4, 0.5) is 13.2 Å². The summed E-state index contributed by atoms with van der Waals surface area (Å²) in [5, 5.41) is 0. The molecular weight excluding hydrogens is 365 g/mol. The van der Waals surface area contributed by atoms with Gasteiger partial charge in [0.2, 0.25) is 0 Å². The second-order valence-electron chi connectivity index (χ2n) is 7.15. The standard InChI is InChI=1S/C22H25F3N2O/c23-22(24,25)20-11-9-19(10-12-20)21(28)27-15-5-14-26(16-17-27)13-4-8-18-6-2-1-3-7-18/h1-3,6-7,9-12H,4-5,8,13-17H2. The number of amides is 1. The molecule has 150 valence electrons. The minimum atomic E-state index is -4.38. The van der Waals surface area contributed by atoms with Gasteiger partial charge in [0.25, 0.3) is 5.91 Å². The zero-order valence-corrected chi connectivity index (χ0v) is 15.8. The summed E-state index contributed by atoms with van der Waals surface area (Å²) in [7, 11) is 0. The van der Waals surface area contributed by atoms with Crippen molar-refractivity contribution in [3.05, 3.63) is 71.3 Å². The highest BCUT2D eigenvalue weighted by Gasteiger charge is 2.30. The molecule has 0 bridgehead atoms. The zero-order chi connectivity index (χ0) is 20.0. The molecule has 0 N–H and O–H groups in total. The Labute approximate surface area is 163 Å². The molecule has 3 rings (SSSR count). The molecule has 1 amide bonds. The number of alkyl halides is 3. The SMILES string of the molecule is O=C(c1ccc(C(F)(F)F)cc1)N1CCCN(CCCc2ccccc2)CC1. The van der Waals surface area contributed by atoms with Crippen molar-refractivity contribution in [1.82, 2.24) is 9.80 Å². The van der Waals surface area contributed by atoms with Crippen LogP contribution in [0, 0.1) is 0 Å². The third-order valence-corrected chi connectivity index (χ3v) is 5.12. The number of carbonyl (C=O) groups is 1. The van der Waals surface area contributed by atoms with Crippen molar-refractivity contribution in [2.75, 3.05) is 32.7 Å². The highest BCUT2D eigenvalue weighted by Crippen LogP contribution is 2.29. The van der Waals surface area contributed by atoms with Gasteiger partial charge in [-0.3, -0.25) is 4.79 Å². The maximum atomic E-state index is 12.7. The van der Waals surface area contributed by atoms with Crippen molar-refractivity contribution in [3.8, 4) is 0 Å². The van der Waals surface area contributed by atoms with Crippen molar-refractivity contribution in [3.63, 3.8) is 0 Å². The van der Waals surface area contributed by atoms with Gasteiger partial charge in [0.05, 0.1) is 5.56 Å². The Bertz CT molecular complexity index is 760. The van der Waals surface area contributed by atoms with Crippen LogP contribution in [-0.4, -0.2) is 48.4 Å². The number of benzene rings is 2. The number of nitrogens with zero attached hydrogens (tertiary/aromatic N) is 2. The van der Waals surface area contributed by atoms with Crippen LogP contribution in [0.25, 0.3) is 0 Å². The third-order valence-electron chi connectivity index (χ3n) is 5.12. The predicted molar refractivity (Wildman–Crippen MR) is 103 cm³/mol. The molecule has 3 nitrogen and oxygen atoms in total. The zero-order valence-electron chi connectivity index (χ0n) is 15.8. The van der Waals surface area contributed by atoms with Gasteiger partial charge in [-0.1, -0.05) is 30.3 Å². The van der Waals surface area contributed by atoms with E-state index in [1.165, 1.54) is 17.7 Å². The average Bonchev–Trinajstić information content (AvgIpc) is 2.93.